The molecular formula is C12H13N3O2. The van der Waals surface area contributed by atoms with Gasteiger partial charge >= 0.3 is 5.97 Å². The van der Waals surface area contributed by atoms with Crippen molar-refractivity contribution in [3.05, 3.63) is 23.5 Å². The average molecular weight is 231 g/mol. The first kappa shape index (κ1) is 10.3. The number of esters is 1. The number of hydrogen-bond acceptors (Lipinski definition) is 4. The fourth-order valence-electron chi connectivity index (χ4n) is 1.86. The van der Waals surface area contributed by atoms with Crippen molar-refractivity contribution < 1.29 is 9.53 Å². The molecule has 0 atom stereocenters. The summed E-state index contributed by atoms with van der Waals surface area (Å²) >= 11 is 0. The minimum atomic E-state index is -0.417. The van der Waals surface area contributed by atoms with Crippen LogP contribution in [0.5, 0.6) is 0 Å². The van der Waals surface area contributed by atoms with Crippen LogP contribution in [0.4, 0.5) is 0 Å². The molecule has 2 aromatic rings. The van der Waals surface area contributed by atoms with E-state index in [9.17, 15) is 4.79 Å². The van der Waals surface area contributed by atoms with Gasteiger partial charge in [0, 0.05) is 11.6 Å². The zero-order valence-corrected chi connectivity index (χ0v) is 9.56. The second-order valence-electron chi connectivity index (χ2n) is 4.20. The van der Waals surface area contributed by atoms with E-state index in [2.05, 4.69) is 15.2 Å². The molecule has 0 aromatic carbocycles. The minimum absolute atomic E-state index is 0.282. The number of aromatic nitrogens is 3. The maximum absolute atomic E-state index is 11.7. The van der Waals surface area contributed by atoms with E-state index in [1.165, 1.54) is 12.8 Å². The van der Waals surface area contributed by atoms with Crippen LogP contribution in [0.3, 0.4) is 0 Å². The van der Waals surface area contributed by atoms with Crippen LogP contribution in [0.2, 0.25) is 0 Å². The van der Waals surface area contributed by atoms with Crippen LogP contribution in [0.15, 0.2) is 12.1 Å². The molecule has 0 amide bonds. The highest BCUT2D eigenvalue weighted by atomic mass is 16.5. The molecule has 0 spiro atoms. The Morgan fingerprint density at radius 3 is 3.06 bits per heavy atom. The summed E-state index contributed by atoms with van der Waals surface area (Å²) in [6.07, 6.45) is 2.37. The molecule has 0 aliphatic heterocycles. The van der Waals surface area contributed by atoms with Gasteiger partial charge in [0.15, 0.2) is 5.69 Å². The average Bonchev–Trinajstić information content (AvgIpc) is 3.09. The standard InChI is InChI=1S/C12H13N3O2/c1-2-17-12(16)11-10-9(14-15-11)6-5-8(13-10)7-3-4-7/h5-7H,2-4H2,1H3,(H,14,15). The van der Waals surface area contributed by atoms with E-state index < -0.39 is 5.97 Å². The van der Waals surface area contributed by atoms with Crippen molar-refractivity contribution in [2.24, 2.45) is 0 Å². The predicted molar refractivity (Wildman–Crippen MR) is 61.8 cm³/mol. The highest BCUT2D eigenvalue weighted by Gasteiger charge is 2.26. The Morgan fingerprint density at radius 2 is 2.35 bits per heavy atom. The van der Waals surface area contributed by atoms with E-state index in [0.717, 1.165) is 11.2 Å². The molecular weight excluding hydrogens is 218 g/mol. The molecule has 2 aromatic heterocycles. The van der Waals surface area contributed by atoms with Gasteiger partial charge in [0.2, 0.25) is 0 Å². The molecule has 1 aliphatic rings. The van der Waals surface area contributed by atoms with Gasteiger partial charge in [-0.05, 0) is 31.9 Å². The van der Waals surface area contributed by atoms with Crippen molar-refractivity contribution >= 4 is 17.0 Å². The largest absolute Gasteiger partial charge is 0.461 e. The number of nitrogens with zero attached hydrogens (tertiary/aromatic N) is 2. The summed E-state index contributed by atoms with van der Waals surface area (Å²) in [5.41, 5.74) is 2.72. The van der Waals surface area contributed by atoms with Gasteiger partial charge in [0.25, 0.3) is 0 Å². The van der Waals surface area contributed by atoms with Gasteiger partial charge in [-0.15, -0.1) is 0 Å². The van der Waals surface area contributed by atoms with Crippen molar-refractivity contribution in [3.63, 3.8) is 0 Å². The first-order valence-electron chi connectivity index (χ1n) is 5.81. The van der Waals surface area contributed by atoms with Gasteiger partial charge < -0.3 is 4.74 Å². The Bertz CT molecular complexity index is 572. The summed E-state index contributed by atoms with van der Waals surface area (Å²) in [6, 6.07) is 3.92. The lowest BCUT2D eigenvalue weighted by Crippen LogP contribution is -2.06. The van der Waals surface area contributed by atoms with Gasteiger partial charge in [-0.3, -0.25) is 5.10 Å². The molecule has 0 saturated heterocycles. The van der Waals surface area contributed by atoms with Crippen molar-refractivity contribution in [2.75, 3.05) is 6.61 Å². The number of pyridine rings is 1. The van der Waals surface area contributed by atoms with E-state index in [-0.39, 0.29) is 5.69 Å². The zero-order chi connectivity index (χ0) is 11.8. The Labute approximate surface area is 98.2 Å². The highest BCUT2D eigenvalue weighted by Crippen LogP contribution is 2.39. The number of rotatable bonds is 3. The van der Waals surface area contributed by atoms with Gasteiger partial charge in [-0.25, -0.2) is 9.78 Å². The molecule has 5 nitrogen and oxygen atoms in total. The van der Waals surface area contributed by atoms with Gasteiger partial charge in [0.1, 0.15) is 5.52 Å². The smallest absolute Gasteiger partial charge is 0.361 e. The van der Waals surface area contributed by atoms with Crippen LogP contribution in [0.1, 0.15) is 41.9 Å². The number of H-pyrrole nitrogens is 1. The molecule has 88 valence electrons. The lowest BCUT2D eigenvalue weighted by molar-refractivity contribution is 0.0521. The summed E-state index contributed by atoms with van der Waals surface area (Å²) < 4.78 is 4.95. The lowest BCUT2D eigenvalue weighted by Gasteiger charge is -1.99. The van der Waals surface area contributed by atoms with Crippen molar-refractivity contribution in [2.45, 2.75) is 25.7 Å². The van der Waals surface area contributed by atoms with Crippen LogP contribution >= 0.6 is 0 Å². The SMILES string of the molecule is CCOC(=O)c1n[nH]c2ccc(C3CC3)nc12. The quantitative estimate of drug-likeness (QED) is 0.820. The van der Waals surface area contributed by atoms with E-state index in [1.807, 2.05) is 12.1 Å². The van der Waals surface area contributed by atoms with E-state index in [1.54, 1.807) is 6.92 Å². The Hall–Kier alpha value is -1.91. The zero-order valence-electron chi connectivity index (χ0n) is 9.56. The first-order chi connectivity index (χ1) is 8.29. The third-order valence-corrected chi connectivity index (χ3v) is 2.89. The molecule has 1 fully saturated rings. The number of hydrogen-bond donors (Lipinski definition) is 1. The molecule has 0 radical (unpaired) electrons. The van der Waals surface area contributed by atoms with Crippen molar-refractivity contribution in [1.29, 1.82) is 0 Å². The summed E-state index contributed by atoms with van der Waals surface area (Å²) in [5, 5.41) is 6.77. The minimum Gasteiger partial charge on any atom is -0.461 e. The maximum atomic E-state index is 11.7. The van der Waals surface area contributed by atoms with E-state index in [0.29, 0.717) is 18.0 Å². The molecule has 0 bridgehead atoms. The molecule has 1 saturated carbocycles. The lowest BCUT2D eigenvalue weighted by atomic mass is 10.2. The Balaban J connectivity index is 2.05. The monoisotopic (exact) mass is 231 g/mol. The molecule has 5 heteroatoms. The topological polar surface area (TPSA) is 67.9 Å². The normalized spacial score (nSPS) is 15.1. The van der Waals surface area contributed by atoms with E-state index >= 15 is 0 Å². The number of aromatic amines is 1. The third kappa shape index (κ3) is 1.77. The molecule has 3 rings (SSSR count). The summed E-state index contributed by atoms with van der Waals surface area (Å²) in [6.45, 7) is 2.12. The number of nitrogens with one attached hydrogen (secondary N) is 1. The van der Waals surface area contributed by atoms with Crippen LogP contribution in [-0.2, 0) is 4.74 Å². The molecule has 1 N–H and O–H groups in total. The number of ether oxygens (including phenoxy) is 1. The summed E-state index contributed by atoms with van der Waals surface area (Å²) in [5.74, 6) is 0.142. The summed E-state index contributed by atoms with van der Waals surface area (Å²) in [7, 11) is 0. The second kappa shape index (κ2) is 3.84. The number of fused-ring (bicyclic) bond motifs is 1. The van der Waals surface area contributed by atoms with Crippen LogP contribution < -0.4 is 0 Å². The van der Waals surface area contributed by atoms with Crippen molar-refractivity contribution in [3.8, 4) is 0 Å². The number of carbonyl (C=O) groups excluding carboxylic acids is 1. The Morgan fingerprint density at radius 1 is 1.53 bits per heavy atom. The molecule has 2 heterocycles. The fourth-order valence-corrected chi connectivity index (χ4v) is 1.86. The predicted octanol–water partition coefficient (Wildman–Crippen LogP) is 2.01. The van der Waals surface area contributed by atoms with Crippen LogP contribution in [0, 0.1) is 0 Å². The number of carbonyl (C=O) groups is 1. The molecule has 17 heavy (non-hydrogen) atoms. The van der Waals surface area contributed by atoms with Crippen molar-refractivity contribution in [1.82, 2.24) is 15.2 Å². The van der Waals surface area contributed by atoms with E-state index in [4.69, 9.17) is 4.74 Å². The van der Waals surface area contributed by atoms with Crippen LogP contribution in [-0.4, -0.2) is 27.8 Å². The highest BCUT2D eigenvalue weighted by molar-refractivity contribution is 5.99. The third-order valence-electron chi connectivity index (χ3n) is 2.89. The van der Waals surface area contributed by atoms with Gasteiger partial charge in [-0.1, -0.05) is 0 Å². The second-order valence-corrected chi connectivity index (χ2v) is 4.20. The molecule has 1 aliphatic carbocycles. The summed E-state index contributed by atoms with van der Waals surface area (Å²) in [4.78, 5) is 16.2. The van der Waals surface area contributed by atoms with Gasteiger partial charge in [-0.2, -0.15) is 5.10 Å². The van der Waals surface area contributed by atoms with Gasteiger partial charge in [0.05, 0.1) is 12.1 Å². The van der Waals surface area contributed by atoms with Crippen LogP contribution in [0.25, 0.3) is 11.0 Å². The fraction of sp³-hybridized carbons (Fsp3) is 0.417. The molecule has 0 unspecified atom stereocenters. The Kier molecular flexibility index (Phi) is 2.31. The first-order valence-corrected chi connectivity index (χ1v) is 5.81. The maximum Gasteiger partial charge on any atom is 0.361 e.